The fourth-order valence-corrected chi connectivity index (χ4v) is 0.688. The Morgan fingerprint density at radius 3 is 2.30 bits per heavy atom. The van der Waals surface area contributed by atoms with E-state index in [1.807, 2.05) is 6.92 Å². The molecule has 0 saturated heterocycles. The Hall–Kier alpha value is -0.840. The van der Waals surface area contributed by atoms with Gasteiger partial charge in [-0.1, -0.05) is 6.92 Å². The van der Waals surface area contributed by atoms with E-state index in [2.05, 4.69) is 17.5 Å². The van der Waals surface area contributed by atoms with Gasteiger partial charge < -0.3 is 16.8 Å². The van der Waals surface area contributed by atoms with Gasteiger partial charge >= 0.3 is 0 Å². The van der Waals surface area contributed by atoms with E-state index in [4.69, 9.17) is 11.5 Å². The van der Waals surface area contributed by atoms with Crippen LogP contribution in [0, 0.1) is 0 Å². The van der Waals surface area contributed by atoms with Crippen molar-refractivity contribution in [3.05, 3.63) is 0 Å². The van der Waals surface area contributed by atoms with Gasteiger partial charge in [0.05, 0.1) is 0 Å². The number of primary amides is 1. The fourth-order valence-electron chi connectivity index (χ4n) is 0.546. The Bertz CT molecular complexity index is 148. The predicted octanol–water partition coefficient (Wildman–Crippen LogP) is -0.916. The molecule has 0 bridgehead atoms. The van der Waals surface area contributed by atoms with Gasteiger partial charge in [-0.3, -0.25) is 4.79 Å². The van der Waals surface area contributed by atoms with Crippen molar-refractivity contribution in [3.8, 4) is 0 Å². The van der Waals surface area contributed by atoms with Crippen LogP contribution in [0.3, 0.4) is 0 Å². The normalized spacial score (nSPS) is 12.1. The first-order chi connectivity index (χ1) is 4.57. The minimum absolute atomic E-state index is 0.102. The lowest BCUT2D eigenvalue weighted by Gasteiger charge is -2.11. The summed E-state index contributed by atoms with van der Waals surface area (Å²) in [4.78, 5) is 10.5. The Balaban J connectivity index is 3.83. The van der Waals surface area contributed by atoms with E-state index in [1.165, 1.54) is 0 Å². The van der Waals surface area contributed by atoms with E-state index >= 15 is 0 Å². The lowest BCUT2D eigenvalue weighted by Crippen LogP contribution is -2.46. The molecule has 0 fully saturated rings. The number of nitrogens with one attached hydrogen (secondary N) is 1. The maximum absolute atomic E-state index is 10.5. The second-order valence-corrected chi connectivity index (χ2v) is 2.31. The van der Waals surface area contributed by atoms with E-state index in [1.54, 1.807) is 0 Å². The number of hydrogen-bond donors (Lipinski definition) is 3. The van der Waals surface area contributed by atoms with Crippen LogP contribution in [-0.2, 0) is 4.79 Å². The molecule has 0 saturated carbocycles. The molecule has 1 atom stereocenters. The van der Waals surface area contributed by atoms with Crippen LogP contribution in [0.5, 0.6) is 0 Å². The third-order valence-electron chi connectivity index (χ3n) is 1.07. The highest BCUT2D eigenvalue weighted by Crippen LogP contribution is 1.87. The van der Waals surface area contributed by atoms with Gasteiger partial charge in [0.1, 0.15) is 6.04 Å². The largest absolute Gasteiger partial charge is 0.376 e. The molecule has 0 aromatic carbocycles. The number of carbonyl (C=O) groups is 1. The first-order valence-electron chi connectivity index (χ1n) is 2.93. The molecule has 4 nitrogen and oxygen atoms in total. The molecule has 0 heterocycles. The van der Waals surface area contributed by atoms with Crippen LogP contribution in [0.2, 0.25) is 0 Å². The van der Waals surface area contributed by atoms with Crippen LogP contribution in [0.25, 0.3) is 0 Å². The SMILES string of the molecule is CCC(NC(N)=S)C(N)=O. The van der Waals surface area contributed by atoms with Crippen molar-refractivity contribution < 1.29 is 4.79 Å². The van der Waals surface area contributed by atoms with Crippen LogP contribution in [0.4, 0.5) is 0 Å². The average molecular weight is 161 g/mol. The van der Waals surface area contributed by atoms with Gasteiger partial charge in [0.15, 0.2) is 5.11 Å². The third-order valence-corrected chi connectivity index (χ3v) is 1.19. The maximum atomic E-state index is 10.5. The Labute approximate surface area is 64.9 Å². The van der Waals surface area contributed by atoms with Crippen molar-refractivity contribution in [3.63, 3.8) is 0 Å². The van der Waals surface area contributed by atoms with E-state index in [9.17, 15) is 4.79 Å². The van der Waals surface area contributed by atoms with Crippen LogP contribution in [-0.4, -0.2) is 17.1 Å². The molecule has 0 aromatic heterocycles. The van der Waals surface area contributed by atoms with E-state index in [0.29, 0.717) is 6.42 Å². The van der Waals surface area contributed by atoms with Crippen LogP contribution in [0.1, 0.15) is 13.3 Å². The van der Waals surface area contributed by atoms with Crippen molar-refractivity contribution >= 4 is 23.2 Å². The van der Waals surface area contributed by atoms with Crippen molar-refractivity contribution in [1.82, 2.24) is 5.32 Å². The van der Waals surface area contributed by atoms with Crippen LogP contribution in [0.15, 0.2) is 0 Å². The summed E-state index contributed by atoms with van der Waals surface area (Å²) in [6.07, 6.45) is 0.590. The quantitative estimate of drug-likeness (QED) is 0.468. The molecule has 0 aliphatic rings. The molecule has 10 heavy (non-hydrogen) atoms. The minimum atomic E-state index is -0.435. The number of amides is 1. The van der Waals surface area contributed by atoms with Gasteiger partial charge in [0, 0.05) is 0 Å². The zero-order valence-electron chi connectivity index (χ0n) is 5.76. The van der Waals surface area contributed by atoms with Gasteiger partial charge in [-0.2, -0.15) is 0 Å². The third kappa shape index (κ3) is 3.24. The van der Waals surface area contributed by atoms with Crippen LogP contribution >= 0.6 is 12.2 Å². The number of thiocarbonyl (C=S) groups is 1. The second kappa shape index (κ2) is 4.05. The average Bonchev–Trinajstić information content (AvgIpc) is 1.81. The predicted molar refractivity (Wildman–Crippen MR) is 43.2 cm³/mol. The first kappa shape index (κ1) is 9.16. The molecule has 0 spiro atoms. The lowest BCUT2D eigenvalue weighted by atomic mass is 10.2. The summed E-state index contributed by atoms with van der Waals surface area (Å²) in [5.74, 6) is -0.435. The fraction of sp³-hybridized carbons (Fsp3) is 0.600. The van der Waals surface area contributed by atoms with Crippen molar-refractivity contribution in [2.75, 3.05) is 0 Å². The monoisotopic (exact) mass is 161 g/mol. The topological polar surface area (TPSA) is 81.1 Å². The van der Waals surface area contributed by atoms with Crippen molar-refractivity contribution in [2.45, 2.75) is 19.4 Å². The van der Waals surface area contributed by atoms with Gasteiger partial charge in [0.2, 0.25) is 5.91 Å². The summed E-state index contributed by atoms with van der Waals surface area (Å²) in [6.45, 7) is 1.82. The smallest absolute Gasteiger partial charge is 0.239 e. The molecule has 0 aliphatic carbocycles. The molecule has 0 aromatic rings. The molecule has 58 valence electrons. The number of rotatable bonds is 3. The zero-order chi connectivity index (χ0) is 8.15. The molecular weight excluding hydrogens is 150 g/mol. The molecular formula is C5H11N3OS. The second-order valence-electron chi connectivity index (χ2n) is 1.87. The van der Waals surface area contributed by atoms with Gasteiger partial charge in [-0.15, -0.1) is 0 Å². The number of hydrogen-bond acceptors (Lipinski definition) is 2. The maximum Gasteiger partial charge on any atom is 0.239 e. The summed E-state index contributed by atoms with van der Waals surface area (Å²) in [7, 11) is 0. The minimum Gasteiger partial charge on any atom is -0.376 e. The summed E-state index contributed by atoms with van der Waals surface area (Å²) < 4.78 is 0. The molecule has 0 radical (unpaired) electrons. The van der Waals surface area contributed by atoms with E-state index in [0.717, 1.165) is 0 Å². The first-order valence-corrected chi connectivity index (χ1v) is 3.34. The summed E-state index contributed by atoms with van der Waals surface area (Å²) in [5, 5.41) is 2.67. The molecule has 0 rings (SSSR count). The van der Waals surface area contributed by atoms with Crippen LogP contribution < -0.4 is 16.8 Å². The van der Waals surface area contributed by atoms with Gasteiger partial charge in [-0.25, -0.2) is 0 Å². The number of nitrogens with two attached hydrogens (primary N) is 2. The Morgan fingerprint density at radius 2 is 2.20 bits per heavy atom. The number of carbonyl (C=O) groups excluding carboxylic acids is 1. The Kier molecular flexibility index (Phi) is 3.71. The highest BCUT2D eigenvalue weighted by atomic mass is 32.1. The summed E-state index contributed by atoms with van der Waals surface area (Å²) in [5.41, 5.74) is 10.1. The standard InChI is InChI=1S/C5H11N3OS/c1-2-3(4(6)9)8-5(7)10/h3H,2H2,1H3,(H2,6,9)(H3,7,8,10). The Morgan fingerprint density at radius 1 is 1.70 bits per heavy atom. The summed E-state index contributed by atoms with van der Waals surface area (Å²) in [6, 6.07) is -0.433. The lowest BCUT2D eigenvalue weighted by molar-refractivity contribution is -0.119. The molecule has 1 amide bonds. The molecule has 5 heteroatoms. The van der Waals surface area contributed by atoms with Gasteiger partial charge in [-0.05, 0) is 18.6 Å². The highest BCUT2D eigenvalue weighted by molar-refractivity contribution is 7.80. The van der Waals surface area contributed by atoms with Crippen molar-refractivity contribution in [2.24, 2.45) is 11.5 Å². The van der Waals surface area contributed by atoms with E-state index in [-0.39, 0.29) is 5.11 Å². The molecule has 1 unspecified atom stereocenters. The summed E-state index contributed by atoms with van der Waals surface area (Å²) >= 11 is 4.52. The zero-order valence-corrected chi connectivity index (χ0v) is 6.57. The highest BCUT2D eigenvalue weighted by Gasteiger charge is 2.11. The molecule has 5 N–H and O–H groups in total. The molecule has 0 aliphatic heterocycles. The van der Waals surface area contributed by atoms with Crippen molar-refractivity contribution in [1.29, 1.82) is 0 Å². The van der Waals surface area contributed by atoms with Gasteiger partial charge in [0.25, 0.3) is 0 Å². The van der Waals surface area contributed by atoms with E-state index < -0.39 is 11.9 Å².